The van der Waals surface area contributed by atoms with Crippen molar-refractivity contribution in [1.29, 1.82) is 0 Å². The van der Waals surface area contributed by atoms with Crippen LogP contribution >= 0.6 is 11.8 Å². The Morgan fingerprint density at radius 2 is 2.22 bits per heavy atom. The molecule has 3 rings (SSSR count). The molecule has 2 aromatic heterocycles. The highest BCUT2D eigenvalue weighted by molar-refractivity contribution is 7.99. The Kier molecular flexibility index (Phi) is 5.84. The Hall–Kier alpha value is -2.75. The molecule has 2 amide bonds. The number of aromatic nitrogens is 3. The minimum atomic E-state index is -0.443. The van der Waals surface area contributed by atoms with Gasteiger partial charge in [0.1, 0.15) is 0 Å². The average molecular weight is 391 g/mol. The topological polar surface area (TPSA) is 111 Å². The number of carbonyl (C=O) groups excluding carboxylic acids is 2. The summed E-state index contributed by atoms with van der Waals surface area (Å²) in [5.41, 5.74) is 0.928. The number of ether oxygens (including phenoxy) is 1. The van der Waals surface area contributed by atoms with Crippen LogP contribution in [0.15, 0.2) is 39.2 Å². The lowest BCUT2D eigenvalue weighted by Gasteiger charge is -2.26. The number of urea groups is 1. The number of carbonyl (C=O) groups is 2. The smallest absolute Gasteiger partial charge is 0.337 e. The van der Waals surface area contributed by atoms with Gasteiger partial charge in [0, 0.05) is 18.0 Å². The molecule has 0 aliphatic carbocycles. The van der Waals surface area contributed by atoms with Crippen LogP contribution in [-0.4, -0.2) is 45.2 Å². The summed E-state index contributed by atoms with van der Waals surface area (Å²) in [7, 11) is 0. The van der Waals surface area contributed by atoms with Gasteiger partial charge in [0.05, 0.1) is 24.5 Å². The van der Waals surface area contributed by atoms with Crippen molar-refractivity contribution in [2.24, 2.45) is 0 Å². The molecule has 0 bridgehead atoms. The lowest BCUT2D eigenvalue weighted by molar-refractivity contribution is -0.138. The Labute approximate surface area is 160 Å². The van der Waals surface area contributed by atoms with Crippen LogP contribution in [-0.2, 0) is 16.1 Å². The van der Waals surface area contributed by atoms with Crippen LogP contribution in [0.4, 0.5) is 4.79 Å². The fourth-order valence-corrected chi connectivity index (χ4v) is 3.77. The molecule has 10 heteroatoms. The summed E-state index contributed by atoms with van der Waals surface area (Å²) in [6, 6.07) is 2.83. The lowest BCUT2D eigenvalue weighted by Crippen LogP contribution is -2.49. The molecule has 1 aliphatic rings. The van der Waals surface area contributed by atoms with Gasteiger partial charge >= 0.3 is 12.0 Å². The van der Waals surface area contributed by atoms with E-state index in [4.69, 9.17) is 9.15 Å². The maximum atomic E-state index is 12.3. The fraction of sp³-hybridized carbons (Fsp3) is 0.412. The van der Waals surface area contributed by atoms with Gasteiger partial charge in [-0.1, -0.05) is 11.8 Å². The Morgan fingerprint density at radius 1 is 1.41 bits per heavy atom. The largest absolute Gasteiger partial charge is 0.463 e. The minimum Gasteiger partial charge on any atom is -0.463 e. The van der Waals surface area contributed by atoms with Crippen molar-refractivity contribution in [3.63, 3.8) is 0 Å². The van der Waals surface area contributed by atoms with Crippen LogP contribution in [0.3, 0.4) is 0 Å². The van der Waals surface area contributed by atoms with Gasteiger partial charge in [0.25, 0.3) is 0 Å². The summed E-state index contributed by atoms with van der Waals surface area (Å²) in [5.74, 6) is 1.17. The van der Waals surface area contributed by atoms with Crippen molar-refractivity contribution in [2.75, 3.05) is 12.4 Å². The first-order valence-electron chi connectivity index (χ1n) is 8.62. The molecule has 3 heterocycles. The SMILES string of the molecule is CCOC(=O)C1=C(CSc2nnc(-c3ccco3)n2CC)NC(=O)N[C@@H]1C. The second-order valence-electron chi connectivity index (χ2n) is 5.75. The van der Waals surface area contributed by atoms with Gasteiger partial charge in [-0.15, -0.1) is 10.2 Å². The molecule has 0 aromatic carbocycles. The first-order valence-corrected chi connectivity index (χ1v) is 9.61. The van der Waals surface area contributed by atoms with Crippen molar-refractivity contribution < 1.29 is 18.7 Å². The quantitative estimate of drug-likeness (QED) is 0.549. The predicted octanol–water partition coefficient (Wildman–Crippen LogP) is 2.17. The van der Waals surface area contributed by atoms with Gasteiger partial charge in [-0.25, -0.2) is 9.59 Å². The summed E-state index contributed by atoms with van der Waals surface area (Å²) in [4.78, 5) is 24.1. The van der Waals surface area contributed by atoms with Crippen LogP contribution in [0.5, 0.6) is 0 Å². The maximum absolute atomic E-state index is 12.3. The summed E-state index contributed by atoms with van der Waals surface area (Å²) in [6.07, 6.45) is 1.58. The number of rotatable bonds is 7. The van der Waals surface area contributed by atoms with Crippen LogP contribution in [0, 0.1) is 0 Å². The van der Waals surface area contributed by atoms with E-state index >= 15 is 0 Å². The van der Waals surface area contributed by atoms with Crippen LogP contribution < -0.4 is 10.6 Å². The van der Waals surface area contributed by atoms with Crippen molar-refractivity contribution >= 4 is 23.8 Å². The normalized spacial score (nSPS) is 16.9. The molecular weight excluding hydrogens is 370 g/mol. The summed E-state index contributed by atoms with van der Waals surface area (Å²) >= 11 is 1.38. The van der Waals surface area contributed by atoms with Gasteiger partial charge in [0.2, 0.25) is 0 Å². The lowest BCUT2D eigenvalue weighted by atomic mass is 10.1. The van der Waals surface area contributed by atoms with E-state index in [1.807, 2.05) is 17.6 Å². The molecule has 0 spiro atoms. The van der Waals surface area contributed by atoms with Crippen molar-refractivity contribution in [2.45, 2.75) is 38.5 Å². The molecule has 2 N–H and O–H groups in total. The van der Waals surface area contributed by atoms with Crippen LogP contribution in [0.2, 0.25) is 0 Å². The van der Waals surface area contributed by atoms with E-state index in [1.165, 1.54) is 11.8 Å². The molecule has 1 aliphatic heterocycles. The summed E-state index contributed by atoms with van der Waals surface area (Å²) in [5, 5.41) is 14.5. The Bertz CT molecular complexity index is 859. The third kappa shape index (κ3) is 4.00. The van der Waals surface area contributed by atoms with E-state index < -0.39 is 12.0 Å². The maximum Gasteiger partial charge on any atom is 0.337 e. The third-order valence-corrected chi connectivity index (χ3v) is 4.98. The van der Waals surface area contributed by atoms with Gasteiger partial charge < -0.3 is 19.8 Å². The van der Waals surface area contributed by atoms with Crippen molar-refractivity contribution in [3.8, 4) is 11.6 Å². The first-order chi connectivity index (χ1) is 13.0. The van der Waals surface area contributed by atoms with Crippen LogP contribution in [0.25, 0.3) is 11.6 Å². The highest BCUT2D eigenvalue weighted by Crippen LogP contribution is 2.27. The number of esters is 1. The Morgan fingerprint density at radius 3 is 2.89 bits per heavy atom. The average Bonchev–Trinajstić information content (AvgIpc) is 3.28. The van der Waals surface area contributed by atoms with E-state index in [9.17, 15) is 9.59 Å². The fourth-order valence-electron chi connectivity index (χ4n) is 2.80. The molecule has 27 heavy (non-hydrogen) atoms. The standard InChI is InChI=1S/C17H21N5O4S/c1-4-22-14(12-7-6-8-26-12)20-21-17(22)27-9-11-13(15(23)25-5-2)10(3)18-16(24)19-11/h6-8,10H,4-5,9H2,1-3H3,(H2,18,19,24)/t10-/m1/s1. The molecule has 9 nitrogen and oxygen atoms in total. The summed E-state index contributed by atoms with van der Waals surface area (Å²) < 4.78 is 12.4. The number of thioether (sulfide) groups is 1. The Balaban J connectivity index is 1.84. The van der Waals surface area contributed by atoms with E-state index in [1.54, 1.807) is 26.2 Å². The van der Waals surface area contributed by atoms with E-state index in [2.05, 4.69) is 20.8 Å². The zero-order valence-electron chi connectivity index (χ0n) is 15.3. The number of furan rings is 1. The summed E-state index contributed by atoms with van der Waals surface area (Å²) in [6.45, 7) is 6.39. The molecule has 0 saturated heterocycles. The van der Waals surface area contributed by atoms with Gasteiger partial charge in [-0.2, -0.15) is 0 Å². The minimum absolute atomic E-state index is 0.264. The zero-order valence-corrected chi connectivity index (χ0v) is 16.1. The van der Waals surface area contributed by atoms with E-state index in [0.717, 1.165) is 0 Å². The molecule has 0 unspecified atom stereocenters. The number of hydrogen-bond acceptors (Lipinski definition) is 7. The van der Waals surface area contributed by atoms with Crippen molar-refractivity contribution in [1.82, 2.24) is 25.4 Å². The monoisotopic (exact) mass is 391 g/mol. The van der Waals surface area contributed by atoms with Crippen LogP contribution in [0.1, 0.15) is 20.8 Å². The molecule has 0 fully saturated rings. The first kappa shape index (κ1) is 19.0. The molecule has 0 radical (unpaired) electrons. The molecule has 2 aromatic rings. The molecule has 0 saturated carbocycles. The van der Waals surface area contributed by atoms with Gasteiger partial charge in [-0.05, 0) is 32.9 Å². The van der Waals surface area contributed by atoms with E-state index in [-0.39, 0.29) is 12.6 Å². The number of hydrogen-bond donors (Lipinski definition) is 2. The highest BCUT2D eigenvalue weighted by atomic mass is 32.2. The molecular formula is C17H21N5O4S. The number of amides is 2. The third-order valence-electron chi connectivity index (χ3n) is 3.99. The van der Waals surface area contributed by atoms with Gasteiger partial charge in [-0.3, -0.25) is 4.57 Å². The highest BCUT2D eigenvalue weighted by Gasteiger charge is 2.30. The predicted molar refractivity (Wildman–Crippen MR) is 98.9 cm³/mol. The number of nitrogens with zero attached hydrogens (tertiary/aromatic N) is 3. The van der Waals surface area contributed by atoms with Crippen molar-refractivity contribution in [3.05, 3.63) is 29.7 Å². The molecule has 144 valence electrons. The second-order valence-corrected chi connectivity index (χ2v) is 6.69. The van der Waals surface area contributed by atoms with Gasteiger partial charge in [0.15, 0.2) is 16.7 Å². The number of nitrogens with one attached hydrogen (secondary N) is 2. The second kappa shape index (κ2) is 8.30. The molecule has 1 atom stereocenters. The van der Waals surface area contributed by atoms with E-state index in [0.29, 0.717) is 40.3 Å². The zero-order chi connectivity index (χ0) is 19.4.